The molecule has 0 spiro atoms. The van der Waals surface area contributed by atoms with Crippen LogP contribution in [0.25, 0.3) is 23.0 Å². The van der Waals surface area contributed by atoms with Gasteiger partial charge in [-0.1, -0.05) is 11.6 Å². The number of halogens is 2. The number of hydrogen-bond acceptors (Lipinski definition) is 3. The zero-order chi connectivity index (χ0) is 12.5. The predicted octanol–water partition coefficient (Wildman–Crippen LogP) is 4.39. The Labute approximate surface area is 107 Å². The Morgan fingerprint density at radius 1 is 1.17 bits per heavy atom. The lowest BCUT2D eigenvalue weighted by molar-refractivity contribution is 0.521. The van der Waals surface area contributed by atoms with Gasteiger partial charge in [0.05, 0.1) is 18.0 Å². The minimum Gasteiger partial charge on any atom is -0.459 e. The molecule has 0 fully saturated rings. The zero-order valence-corrected chi connectivity index (χ0v) is 9.82. The van der Waals surface area contributed by atoms with E-state index in [0.29, 0.717) is 28.0 Å². The lowest BCUT2D eigenvalue weighted by Crippen LogP contribution is -1.81. The van der Waals surface area contributed by atoms with Gasteiger partial charge in [-0.2, -0.15) is 0 Å². The summed E-state index contributed by atoms with van der Waals surface area (Å²) in [5, 5.41) is 0.335. The summed E-state index contributed by atoms with van der Waals surface area (Å²) in [6.07, 6.45) is 2.96. The van der Waals surface area contributed by atoms with E-state index < -0.39 is 5.82 Å². The molecule has 0 radical (unpaired) electrons. The fraction of sp³-hybridized carbons (Fsp3) is 0. The van der Waals surface area contributed by atoms with E-state index in [0.717, 1.165) is 0 Å². The van der Waals surface area contributed by atoms with Crippen LogP contribution in [0, 0.1) is 5.82 Å². The lowest BCUT2D eigenvalue weighted by atomic mass is 10.2. The minimum atomic E-state index is -0.454. The highest BCUT2D eigenvalue weighted by atomic mass is 35.5. The molecule has 3 aromatic rings. The van der Waals surface area contributed by atoms with Crippen molar-refractivity contribution in [2.75, 3.05) is 0 Å². The average molecular weight is 264 g/mol. The second kappa shape index (κ2) is 4.31. The van der Waals surface area contributed by atoms with Crippen molar-refractivity contribution in [2.45, 2.75) is 0 Å². The minimum absolute atomic E-state index is 0.310. The quantitative estimate of drug-likeness (QED) is 0.688. The average Bonchev–Trinajstić information content (AvgIpc) is 2.99. The standard InChI is InChI=1S/C13H7ClFNO2/c14-8-3-4-9(10(15)6-8)12-7-16-13(18-12)11-2-1-5-17-11/h1-7H. The van der Waals surface area contributed by atoms with Gasteiger partial charge in [0.25, 0.3) is 5.89 Å². The van der Waals surface area contributed by atoms with Crippen molar-refractivity contribution < 1.29 is 13.2 Å². The Morgan fingerprint density at radius 3 is 2.78 bits per heavy atom. The molecule has 3 rings (SSSR count). The number of rotatable bonds is 2. The molecule has 1 aromatic carbocycles. The molecule has 0 aliphatic rings. The van der Waals surface area contributed by atoms with Crippen LogP contribution in [-0.2, 0) is 0 Å². The van der Waals surface area contributed by atoms with Crippen LogP contribution in [0.2, 0.25) is 5.02 Å². The van der Waals surface area contributed by atoms with Crippen LogP contribution < -0.4 is 0 Å². The van der Waals surface area contributed by atoms with E-state index in [1.165, 1.54) is 18.5 Å². The van der Waals surface area contributed by atoms with Crippen LogP contribution in [0.15, 0.2) is 51.6 Å². The van der Waals surface area contributed by atoms with Gasteiger partial charge in [-0.05, 0) is 30.3 Å². The predicted molar refractivity (Wildman–Crippen MR) is 64.6 cm³/mol. The van der Waals surface area contributed by atoms with E-state index in [9.17, 15) is 4.39 Å². The van der Waals surface area contributed by atoms with Crippen LogP contribution in [0.4, 0.5) is 4.39 Å². The van der Waals surface area contributed by atoms with Crippen molar-refractivity contribution in [3.63, 3.8) is 0 Å². The number of oxazole rings is 1. The largest absolute Gasteiger partial charge is 0.459 e. The van der Waals surface area contributed by atoms with Crippen LogP contribution in [0.5, 0.6) is 0 Å². The zero-order valence-electron chi connectivity index (χ0n) is 9.06. The summed E-state index contributed by atoms with van der Waals surface area (Å²) in [6.45, 7) is 0. The van der Waals surface area contributed by atoms with Gasteiger partial charge in [-0.15, -0.1) is 0 Å². The maximum atomic E-state index is 13.7. The van der Waals surface area contributed by atoms with Gasteiger partial charge < -0.3 is 8.83 Å². The smallest absolute Gasteiger partial charge is 0.263 e. The number of hydrogen-bond donors (Lipinski definition) is 0. The van der Waals surface area contributed by atoms with E-state index in [1.54, 1.807) is 24.3 Å². The van der Waals surface area contributed by atoms with E-state index in [-0.39, 0.29) is 0 Å². The molecule has 0 unspecified atom stereocenters. The lowest BCUT2D eigenvalue weighted by Gasteiger charge is -1.98. The normalized spacial score (nSPS) is 10.8. The molecule has 2 aromatic heterocycles. The highest BCUT2D eigenvalue weighted by Crippen LogP contribution is 2.29. The van der Waals surface area contributed by atoms with Crippen LogP contribution in [-0.4, -0.2) is 4.98 Å². The number of furan rings is 1. The molecule has 3 nitrogen and oxygen atoms in total. The molecule has 0 N–H and O–H groups in total. The molecule has 0 bridgehead atoms. The van der Waals surface area contributed by atoms with Gasteiger partial charge in [-0.25, -0.2) is 9.37 Å². The van der Waals surface area contributed by atoms with Crippen LogP contribution in [0.1, 0.15) is 0 Å². The molecule has 0 aliphatic carbocycles. The molecular weight excluding hydrogens is 257 g/mol. The molecule has 18 heavy (non-hydrogen) atoms. The van der Waals surface area contributed by atoms with Crippen molar-refractivity contribution in [1.29, 1.82) is 0 Å². The second-order valence-corrected chi connectivity index (χ2v) is 4.07. The van der Waals surface area contributed by atoms with E-state index >= 15 is 0 Å². The molecule has 90 valence electrons. The first-order valence-corrected chi connectivity index (χ1v) is 5.57. The molecule has 5 heteroatoms. The van der Waals surface area contributed by atoms with Crippen molar-refractivity contribution in [2.24, 2.45) is 0 Å². The van der Waals surface area contributed by atoms with Gasteiger partial charge in [0.2, 0.25) is 0 Å². The fourth-order valence-electron chi connectivity index (χ4n) is 1.60. The molecule has 0 atom stereocenters. The Bertz CT molecular complexity index is 676. The maximum absolute atomic E-state index is 13.7. The fourth-order valence-corrected chi connectivity index (χ4v) is 1.76. The third-order valence-corrected chi connectivity index (χ3v) is 2.67. The molecule has 0 aliphatic heterocycles. The van der Waals surface area contributed by atoms with Gasteiger partial charge in [0.15, 0.2) is 11.5 Å². The summed E-state index contributed by atoms with van der Waals surface area (Å²) in [6, 6.07) is 7.81. The van der Waals surface area contributed by atoms with Gasteiger partial charge in [0.1, 0.15) is 5.82 Å². The molecular formula is C13H7ClFNO2. The number of nitrogens with zero attached hydrogens (tertiary/aromatic N) is 1. The first-order chi connectivity index (χ1) is 8.74. The monoisotopic (exact) mass is 263 g/mol. The summed E-state index contributed by atoms with van der Waals surface area (Å²) in [5.74, 6) is 0.681. The van der Waals surface area contributed by atoms with E-state index in [2.05, 4.69) is 4.98 Å². The summed E-state index contributed by atoms with van der Waals surface area (Å²) >= 11 is 5.69. The van der Waals surface area contributed by atoms with Crippen LogP contribution in [0.3, 0.4) is 0 Å². The van der Waals surface area contributed by atoms with Crippen molar-refractivity contribution in [3.8, 4) is 23.0 Å². The Balaban J connectivity index is 2.03. The third-order valence-electron chi connectivity index (χ3n) is 2.43. The van der Waals surface area contributed by atoms with Gasteiger partial charge >= 0.3 is 0 Å². The maximum Gasteiger partial charge on any atom is 0.263 e. The molecule has 0 amide bonds. The number of benzene rings is 1. The highest BCUT2D eigenvalue weighted by Gasteiger charge is 2.13. The summed E-state index contributed by atoms with van der Waals surface area (Å²) in [4.78, 5) is 4.04. The second-order valence-electron chi connectivity index (χ2n) is 3.63. The summed E-state index contributed by atoms with van der Waals surface area (Å²) < 4.78 is 24.3. The SMILES string of the molecule is Fc1cc(Cl)ccc1-c1cnc(-c2ccco2)o1. The third kappa shape index (κ3) is 1.91. The summed E-state index contributed by atoms with van der Waals surface area (Å²) in [7, 11) is 0. The molecule has 0 saturated carbocycles. The first kappa shape index (κ1) is 11.0. The first-order valence-electron chi connectivity index (χ1n) is 5.19. The Hall–Kier alpha value is -2.07. The molecule has 2 heterocycles. The van der Waals surface area contributed by atoms with Gasteiger partial charge in [-0.3, -0.25) is 0 Å². The van der Waals surface area contributed by atoms with E-state index in [4.69, 9.17) is 20.4 Å². The van der Waals surface area contributed by atoms with Crippen LogP contribution >= 0.6 is 11.6 Å². The summed E-state index contributed by atoms with van der Waals surface area (Å²) in [5.41, 5.74) is 0.310. The molecule has 0 saturated heterocycles. The topological polar surface area (TPSA) is 39.2 Å². The van der Waals surface area contributed by atoms with Crippen molar-refractivity contribution in [1.82, 2.24) is 4.98 Å². The number of aromatic nitrogens is 1. The highest BCUT2D eigenvalue weighted by molar-refractivity contribution is 6.30. The Kier molecular flexibility index (Phi) is 2.64. The van der Waals surface area contributed by atoms with E-state index in [1.807, 2.05) is 0 Å². The van der Waals surface area contributed by atoms with Crippen molar-refractivity contribution >= 4 is 11.6 Å². The van der Waals surface area contributed by atoms with Gasteiger partial charge in [0, 0.05) is 5.02 Å². The Morgan fingerprint density at radius 2 is 2.06 bits per heavy atom. The van der Waals surface area contributed by atoms with Crippen molar-refractivity contribution in [3.05, 3.63) is 53.6 Å².